The van der Waals surface area contributed by atoms with E-state index < -0.39 is 11.7 Å². The summed E-state index contributed by atoms with van der Waals surface area (Å²) >= 11 is 11.6. The van der Waals surface area contributed by atoms with Crippen molar-refractivity contribution in [1.82, 2.24) is 4.98 Å². The zero-order valence-electron chi connectivity index (χ0n) is 9.92. The molecule has 0 amide bonds. The third-order valence-electron chi connectivity index (χ3n) is 2.42. The van der Waals surface area contributed by atoms with Crippen LogP contribution in [0.15, 0.2) is 36.4 Å². The van der Waals surface area contributed by atoms with Gasteiger partial charge in [0.15, 0.2) is 0 Å². The van der Waals surface area contributed by atoms with Crippen LogP contribution in [0.3, 0.4) is 0 Å². The van der Waals surface area contributed by atoms with Gasteiger partial charge in [-0.25, -0.2) is 4.98 Å². The van der Waals surface area contributed by atoms with Gasteiger partial charge in [0.1, 0.15) is 17.5 Å². The number of nitrogens with zero attached hydrogens (tertiary/aromatic N) is 1. The van der Waals surface area contributed by atoms with Crippen LogP contribution in [0.4, 0.5) is 13.2 Å². The Morgan fingerprint density at radius 1 is 1.10 bits per heavy atom. The maximum absolute atomic E-state index is 12.5. The first-order valence-electron chi connectivity index (χ1n) is 5.47. The highest BCUT2D eigenvalue weighted by molar-refractivity contribution is 6.32. The zero-order valence-corrected chi connectivity index (χ0v) is 11.4. The van der Waals surface area contributed by atoms with E-state index in [0.29, 0.717) is 10.7 Å². The molecular weight excluding hydrogens is 314 g/mol. The maximum Gasteiger partial charge on any atom is 0.416 e. The van der Waals surface area contributed by atoms with Crippen LogP contribution in [0.1, 0.15) is 11.3 Å². The predicted molar refractivity (Wildman–Crippen MR) is 70.0 cm³/mol. The first-order chi connectivity index (χ1) is 9.36. The Hall–Kier alpha value is -1.46. The summed E-state index contributed by atoms with van der Waals surface area (Å²) < 4.78 is 42.9. The Morgan fingerprint density at radius 3 is 2.55 bits per heavy atom. The van der Waals surface area contributed by atoms with E-state index in [-0.39, 0.29) is 17.5 Å². The van der Waals surface area contributed by atoms with Crippen molar-refractivity contribution < 1.29 is 17.9 Å². The normalized spacial score (nSPS) is 11.4. The topological polar surface area (TPSA) is 22.1 Å². The Labute approximate surface area is 123 Å². The summed E-state index contributed by atoms with van der Waals surface area (Å²) in [7, 11) is 0. The van der Waals surface area contributed by atoms with Crippen LogP contribution in [-0.2, 0) is 12.8 Å². The number of aromatic nitrogens is 1. The molecule has 0 N–H and O–H groups in total. The van der Waals surface area contributed by atoms with Gasteiger partial charge in [-0.3, -0.25) is 0 Å². The highest BCUT2D eigenvalue weighted by Gasteiger charge is 2.30. The third-order valence-corrected chi connectivity index (χ3v) is 2.98. The number of hydrogen-bond donors (Lipinski definition) is 0. The summed E-state index contributed by atoms with van der Waals surface area (Å²) in [6.07, 6.45) is -4.41. The summed E-state index contributed by atoms with van der Waals surface area (Å²) in [5.41, 5.74) is -0.420. The van der Waals surface area contributed by atoms with E-state index >= 15 is 0 Å². The van der Waals surface area contributed by atoms with E-state index in [1.165, 1.54) is 18.2 Å². The molecule has 20 heavy (non-hydrogen) atoms. The quantitative estimate of drug-likeness (QED) is 0.743. The van der Waals surface area contributed by atoms with Crippen molar-refractivity contribution in [3.8, 4) is 5.75 Å². The molecule has 0 aliphatic heterocycles. The summed E-state index contributed by atoms with van der Waals surface area (Å²) in [6.45, 7) is -0.0687. The molecule has 0 aliphatic carbocycles. The number of rotatable bonds is 3. The highest BCUT2D eigenvalue weighted by Crippen LogP contribution is 2.31. The molecule has 0 aliphatic rings. The van der Waals surface area contributed by atoms with Crippen LogP contribution in [0.5, 0.6) is 5.75 Å². The zero-order chi connectivity index (χ0) is 14.8. The average molecular weight is 322 g/mol. The number of hydrogen-bond acceptors (Lipinski definition) is 2. The molecule has 0 fully saturated rings. The lowest BCUT2D eigenvalue weighted by atomic mass is 10.2. The first-order valence-corrected chi connectivity index (χ1v) is 6.23. The highest BCUT2D eigenvalue weighted by atomic mass is 35.5. The average Bonchev–Trinajstić information content (AvgIpc) is 2.39. The van der Waals surface area contributed by atoms with Crippen LogP contribution in [0, 0.1) is 0 Å². The summed E-state index contributed by atoms with van der Waals surface area (Å²) in [4.78, 5) is 3.95. The number of ether oxygens (including phenoxy) is 1. The summed E-state index contributed by atoms with van der Waals surface area (Å²) in [6, 6.07) is 7.63. The van der Waals surface area contributed by atoms with E-state index in [1.54, 1.807) is 6.07 Å². The Balaban J connectivity index is 2.13. The fourth-order valence-corrected chi connectivity index (χ4v) is 1.80. The van der Waals surface area contributed by atoms with Gasteiger partial charge in [0.2, 0.25) is 0 Å². The second kappa shape index (κ2) is 5.89. The molecule has 0 saturated carbocycles. The van der Waals surface area contributed by atoms with Gasteiger partial charge in [-0.1, -0.05) is 29.3 Å². The largest absolute Gasteiger partial charge is 0.487 e. The van der Waals surface area contributed by atoms with Crippen molar-refractivity contribution in [2.75, 3.05) is 0 Å². The molecule has 1 aromatic carbocycles. The Kier molecular flexibility index (Phi) is 4.40. The smallest absolute Gasteiger partial charge is 0.416 e. The Morgan fingerprint density at radius 2 is 1.85 bits per heavy atom. The van der Waals surface area contributed by atoms with Gasteiger partial charge < -0.3 is 4.74 Å². The lowest BCUT2D eigenvalue weighted by molar-refractivity contribution is -0.137. The second-order valence-corrected chi connectivity index (χ2v) is 4.67. The summed E-state index contributed by atoms with van der Waals surface area (Å²) in [5, 5.41) is 0.568. The van der Waals surface area contributed by atoms with Crippen molar-refractivity contribution in [3.05, 3.63) is 57.8 Å². The monoisotopic (exact) mass is 321 g/mol. The van der Waals surface area contributed by atoms with Gasteiger partial charge in [-0.15, -0.1) is 0 Å². The number of benzene rings is 1. The van der Waals surface area contributed by atoms with Gasteiger partial charge in [0.05, 0.1) is 16.3 Å². The molecule has 0 bridgehead atoms. The van der Waals surface area contributed by atoms with Gasteiger partial charge in [0.25, 0.3) is 0 Å². The van der Waals surface area contributed by atoms with Crippen LogP contribution in [-0.4, -0.2) is 4.98 Å². The van der Waals surface area contributed by atoms with Crippen molar-refractivity contribution >= 4 is 23.2 Å². The van der Waals surface area contributed by atoms with E-state index in [0.717, 1.165) is 12.1 Å². The number of halogens is 5. The van der Waals surface area contributed by atoms with E-state index in [2.05, 4.69) is 4.98 Å². The third kappa shape index (κ3) is 3.77. The second-order valence-electron chi connectivity index (χ2n) is 3.88. The van der Waals surface area contributed by atoms with Gasteiger partial charge >= 0.3 is 6.18 Å². The van der Waals surface area contributed by atoms with Crippen LogP contribution in [0.2, 0.25) is 10.2 Å². The first kappa shape index (κ1) is 14.9. The lowest BCUT2D eigenvalue weighted by Crippen LogP contribution is -2.05. The lowest BCUT2D eigenvalue weighted by Gasteiger charge is -2.10. The van der Waals surface area contributed by atoms with E-state index in [4.69, 9.17) is 27.9 Å². The number of alkyl halides is 3. The van der Waals surface area contributed by atoms with E-state index in [1.807, 2.05) is 0 Å². The van der Waals surface area contributed by atoms with E-state index in [9.17, 15) is 13.2 Å². The number of pyridine rings is 1. The fraction of sp³-hybridized carbons (Fsp3) is 0.154. The molecule has 2 nitrogen and oxygen atoms in total. The molecule has 2 rings (SSSR count). The molecule has 7 heteroatoms. The molecular formula is C13H8Cl2F3NO. The minimum Gasteiger partial charge on any atom is -0.487 e. The minimum absolute atomic E-state index is 0.0687. The molecule has 0 radical (unpaired) electrons. The predicted octanol–water partition coefficient (Wildman–Crippen LogP) is 4.99. The van der Waals surface area contributed by atoms with Crippen molar-refractivity contribution in [2.45, 2.75) is 12.8 Å². The summed E-state index contributed by atoms with van der Waals surface area (Å²) in [5.74, 6) is 0.0812. The fourth-order valence-electron chi connectivity index (χ4n) is 1.47. The standard InChI is InChI=1S/C13H8Cl2F3NO/c14-10-4-5-12(15)19-11(10)7-20-9-3-1-2-8(6-9)13(16,17)18/h1-6H,7H2. The Bertz CT molecular complexity index is 617. The minimum atomic E-state index is -4.41. The van der Waals surface area contributed by atoms with Crippen molar-refractivity contribution in [1.29, 1.82) is 0 Å². The molecule has 2 aromatic rings. The molecule has 1 heterocycles. The molecule has 0 unspecified atom stereocenters. The molecule has 1 aromatic heterocycles. The van der Waals surface area contributed by atoms with Crippen molar-refractivity contribution in [2.24, 2.45) is 0 Å². The van der Waals surface area contributed by atoms with Gasteiger partial charge in [-0.05, 0) is 30.3 Å². The van der Waals surface area contributed by atoms with Crippen molar-refractivity contribution in [3.63, 3.8) is 0 Å². The molecule has 0 saturated heterocycles. The molecule has 106 valence electrons. The van der Waals surface area contributed by atoms with Gasteiger partial charge in [0, 0.05) is 0 Å². The SMILES string of the molecule is FC(F)(F)c1cccc(OCc2nc(Cl)ccc2Cl)c1. The van der Waals surface area contributed by atoms with Crippen LogP contribution in [0.25, 0.3) is 0 Å². The maximum atomic E-state index is 12.5. The van der Waals surface area contributed by atoms with Crippen LogP contribution < -0.4 is 4.74 Å². The molecule has 0 spiro atoms. The molecule has 0 atom stereocenters. The van der Waals surface area contributed by atoms with Crippen LogP contribution >= 0.6 is 23.2 Å². The van der Waals surface area contributed by atoms with Gasteiger partial charge in [-0.2, -0.15) is 13.2 Å².